The SMILES string of the molecule is [C-]#[N+]c1cccc(C#N)c1-c1ccc2c(c1)c1cc(-c3c(C#N)cccc3[N+]#[C-])ccc1n2-c1ccccc1. The van der Waals surface area contributed by atoms with Gasteiger partial charge in [0.05, 0.1) is 36.3 Å². The van der Waals surface area contributed by atoms with Crippen LogP contribution in [-0.2, 0) is 0 Å². The lowest BCUT2D eigenvalue weighted by molar-refractivity contribution is 1.18. The van der Waals surface area contributed by atoms with Crippen molar-refractivity contribution in [3.8, 4) is 40.1 Å². The Morgan fingerprint density at radius 3 is 1.49 bits per heavy atom. The zero-order valence-corrected chi connectivity index (χ0v) is 20.6. The minimum atomic E-state index is 0.422. The van der Waals surface area contributed by atoms with Gasteiger partial charge in [0, 0.05) is 38.7 Å². The Hall–Kier alpha value is -6.14. The fourth-order valence-electron chi connectivity index (χ4n) is 5.25. The van der Waals surface area contributed by atoms with E-state index in [-0.39, 0.29) is 0 Å². The van der Waals surface area contributed by atoms with E-state index in [2.05, 4.69) is 26.4 Å². The summed E-state index contributed by atoms with van der Waals surface area (Å²) in [6.45, 7) is 15.4. The van der Waals surface area contributed by atoms with Gasteiger partial charge in [-0.05, 0) is 59.7 Å². The van der Waals surface area contributed by atoms with Crippen molar-refractivity contribution in [2.45, 2.75) is 0 Å². The van der Waals surface area contributed by atoms with Crippen LogP contribution in [0.2, 0.25) is 0 Å². The molecule has 39 heavy (non-hydrogen) atoms. The summed E-state index contributed by atoms with van der Waals surface area (Å²) in [6.07, 6.45) is 0. The predicted octanol–water partition coefficient (Wildman–Crippen LogP) is 8.96. The first kappa shape index (κ1) is 23.3. The van der Waals surface area contributed by atoms with Crippen LogP contribution in [0.25, 0.3) is 59.4 Å². The number of benzene rings is 5. The van der Waals surface area contributed by atoms with E-state index in [0.29, 0.717) is 33.6 Å². The second-order valence-electron chi connectivity index (χ2n) is 8.98. The third-order valence-electron chi connectivity index (χ3n) is 6.92. The molecule has 0 N–H and O–H groups in total. The third kappa shape index (κ3) is 3.68. The quantitative estimate of drug-likeness (QED) is 0.230. The van der Waals surface area contributed by atoms with Gasteiger partial charge in [-0.15, -0.1) is 0 Å². The van der Waals surface area contributed by atoms with Gasteiger partial charge in [-0.2, -0.15) is 10.5 Å². The average molecular weight is 496 g/mol. The van der Waals surface area contributed by atoms with Crippen molar-refractivity contribution in [2.75, 3.05) is 0 Å². The molecule has 1 aromatic heterocycles. The van der Waals surface area contributed by atoms with E-state index < -0.39 is 0 Å². The lowest BCUT2D eigenvalue weighted by Crippen LogP contribution is -1.93. The molecule has 5 aromatic carbocycles. The summed E-state index contributed by atoms with van der Waals surface area (Å²) in [7, 11) is 0. The summed E-state index contributed by atoms with van der Waals surface area (Å²) in [5.74, 6) is 0. The van der Waals surface area contributed by atoms with Gasteiger partial charge in [-0.1, -0.05) is 54.6 Å². The van der Waals surface area contributed by atoms with Crippen LogP contribution in [0.1, 0.15) is 11.1 Å². The lowest BCUT2D eigenvalue weighted by Gasteiger charge is -2.10. The highest BCUT2D eigenvalue weighted by atomic mass is 15.0. The van der Waals surface area contributed by atoms with Crippen molar-refractivity contribution in [3.05, 3.63) is 137 Å². The van der Waals surface area contributed by atoms with E-state index >= 15 is 0 Å². The maximum absolute atomic E-state index is 9.79. The van der Waals surface area contributed by atoms with Gasteiger partial charge >= 0.3 is 0 Å². The van der Waals surface area contributed by atoms with E-state index in [0.717, 1.165) is 38.6 Å². The molecule has 0 saturated carbocycles. The van der Waals surface area contributed by atoms with E-state index in [4.69, 9.17) is 13.1 Å². The van der Waals surface area contributed by atoms with Gasteiger partial charge in [0.15, 0.2) is 11.4 Å². The molecule has 6 rings (SSSR count). The zero-order chi connectivity index (χ0) is 26.9. The maximum atomic E-state index is 9.79. The number of rotatable bonds is 3. The Morgan fingerprint density at radius 2 is 1.05 bits per heavy atom. The molecular weight excluding hydrogens is 478 g/mol. The number of aromatic nitrogens is 1. The molecule has 0 aliphatic carbocycles. The van der Waals surface area contributed by atoms with Crippen LogP contribution in [0.5, 0.6) is 0 Å². The Labute approximate surface area is 225 Å². The molecule has 6 aromatic rings. The molecule has 0 radical (unpaired) electrons. The summed E-state index contributed by atoms with van der Waals surface area (Å²) in [5, 5.41) is 21.5. The maximum Gasteiger partial charge on any atom is 0.196 e. The van der Waals surface area contributed by atoms with Gasteiger partial charge in [0.1, 0.15) is 0 Å². The Morgan fingerprint density at radius 1 is 0.564 bits per heavy atom. The molecule has 178 valence electrons. The standard InChI is InChI=1S/C34H17N5/c1-37-29-12-6-8-24(20-35)33(29)22-14-16-31-27(18-22)28-19-23(34-25(21-36)9-7-13-30(34)38-2)15-17-32(28)39(31)26-10-4-3-5-11-26/h3-19H. The monoisotopic (exact) mass is 495 g/mol. The molecule has 1 heterocycles. The molecule has 0 bridgehead atoms. The van der Waals surface area contributed by atoms with Crippen LogP contribution in [0.4, 0.5) is 11.4 Å². The lowest BCUT2D eigenvalue weighted by atomic mass is 9.95. The van der Waals surface area contributed by atoms with Crippen molar-refractivity contribution in [2.24, 2.45) is 0 Å². The van der Waals surface area contributed by atoms with Crippen LogP contribution >= 0.6 is 0 Å². The fraction of sp³-hybridized carbons (Fsp3) is 0. The van der Waals surface area contributed by atoms with Gasteiger partial charge in [-0.25, -0.2) is 9.69 Å². The highest BCUT2D eigenvalue weighted by Crippen LogP contribution is 2.41. The zero-order valence-electron chi connectivity index (χ0n) is 20.6. The van der Waals surface area contributed by atoms with Crippen LogP contribution in [0, 0.1) is 35.8 Å². The molecule has 0 saturated heterocycles. The van der Waals surface area contributed by atoms with E-state index in [9.17, 15) is 10.5 Å². The van der Waals surface area contributed by atoms with E-state index in [1.165, 1.54) is 0 Å². The molecule has 0 aliphatic rings. The summed E-state index contributed by atoms with van der Waals surface area (Å²) < 4.78 is 2.18. The van der Waals surface area contributed by atoms with Crippen molar-refractivity contribution in [1.82, 2.24) is 4.57 Å². The Bertz CT molecular complexity index is 1910. The number of hydrogen-bond donors (Lipinski definition) is 0. The molecular formula is C34H17N5. The number of hydrogen-bond acceptors (Lipinski definition) is 2. The van der Waals surface area contributed by atoms with Crippen molar-refractivity contribution in [3.63, 3.8) is 0 Å². The summed E-state index contributed by atoms with van der Waals surface area (Å²) in [5.41, 5.74) is 7.44. The van der Waals surface area contributed by atoms with Crippen molar-refractivity contribution in [1.29, 1.82) is 10.5 Å². The number of para-hydroxylation sites is 1. The predicted molar refractivity (Wildman–Crippen MR) is 154 cm³/mol. The number of fused-ring (bicyclic) bond motifs is 3. The summed E-state index contributed by atoms with van der Waals surface area (Å²) in [4.78, 5) is 7.36. The van der Waals surface area contributed by atoms with Crippen LogP contribution in [0.15, 0.2) is 103 Å². The highest BCUT2D eigenvalue weighted by Gasteiger charge is 2.18. The van der Waals surface area contributed by atoms with E-state index in [1.807, 2.05) is 66.7 Å². The Kier molecular flexibility index (Phi) is 5.60. The molecule has 0 amide bonds. The number of nitrogens with zero attached hydrogens (tertiary/aromatic N) is 5. The first-order valence-corrected chi connectivity index (χ1v) is 12.1. The molecule has 0 unspecified atom stereocenters. The van der Waals surface area contributed by atoms with Crippen molar-refractivity contribution >= 4 is 33.2 Å². The fourth-order valence-corrected chi connectivity index (χ4v) is 5.25. The van der Waals surface area contributed by atoms with Crippen molar-refractivity contribution < 1.29 is 0 Å². The first-order valence-electron chi connectivity index (χ1n) is 12.1. The third-order valence-corrected chi connectivity index (χ3v) is 6.92. The van der Waals surface area contributed by atoms with Gasteiger partial charge in [-0.3, -0.25) is 0 Å². The van der Waals surface area contributed by atoms with Gasteiger partial charge < -0.3 is 4.57 Å². The summed E-state index contributed by atoms with van der Waals surface area (Å²) in [6, 6.07) is 36.9. The second kappa shape index (κ2) is 9.38. The van der Waals surface area contributed by atoms with Gasteiger partial charge in [0.25, 0.3) is 0 Å². The van der Waals surface area contributed by atoms with Crippen LogP contribution in [0.3, 0.4) is 0 Å². The normalized spacial score (nSPS) is 10.5. The molecule has 5 heteroatoms. The van der Waals surface area contributed by atoms with Gasteiger partial charge in [0.2, 0.25) is 0 Å². The molecule has 0 spiro atoms. The smallest absolute Gasteiger partial charge is 0.196 e. The molecule has 0 fully saturated rings. The molecule has 5 nitrogen and oxygen atoms in total. The minimum Gasteiger partial charge on any atom is -0.309 e. The Balaban J connectivity index is 1.72. The average Bonchev–Trinajstić information content (AvgIpc) is 3.33. The number of nitriles is 2. The van der Waals surface area contributed by atoms with Crippen LogP contribution < -0.4 is 0 Å². The topological polar surface area (TPSA) is 61.2 Å². The second-order valence-corrected chi connectivity index (χ2v) is 8.98. The molecule has 0 atom stereocenters. The largest absolute Gasteiger partial charge is 0.309 e. The van der Waals surface area contributed by atoms with Crippen LogP contribution in [-0.4, -0.2) is 4.57 Å². The first-order chi connectivity index (χ1) is 19.2. The molecule has 0 aliphatic heterocycles. The van der Waals surface area contributed by atoms with E-state index in [1.54, 1.807) is 36.4 Å². The highest BCUT2D eigenvalue weighted by molar-refractivity contribution is 6.12. The summed E-state index contributed by atoms with van der Waals surface area (Å²) >= 11 is 0. The minimum absolute atomic E-state index is 0.422.